The molecule has 5 atom stereocenters. The molecule has 1 aliphatic heterocycles. The highest BCUT2D eigenvalue weighted by Crippen LogP contribution is 2.41. The van der Waals surface area contributed by atoms with Gasteiger partial charge in [-0.1, -0.05) is 56.2 Å². The van der Waals surface area contributed by atoms with Crippen LogP contribution in [0.1, 0.15) is 110 Å². The molecule has 2 unspecified atom stereocenters. The minimum Gasteiger partial charge on any atom is -0.747 e. The summed E-state index contributed by atoms with van der Waals surface area (Å²) in [5.74, 6) is -5.05. The number of nitrogens with zero attached hydrogens (tertiary/aromatic N) is 1. The van der Waals surface area contributed by atoms with Gasteiger partial charge in [0.2, 0.25) is 0 Å². The van der Waals surface area contributed by atoms with E-state index in [1.807, 2.05) is 52.0 Å². The van der Waals surface area contributed by atoms with Crippen LogP contribution >= 0.6 is 0 Å². The molecular formula is C46H54NO14S-. The second-order valence-corrected chi connectivity index (χ2v) is 17.4. The minimum atomic E-state index is -5.14. The Labute approximate surface area is 362 Å². The number of carbonyl (C=O) groups is 6. The highest BCUT2D eigenvalue weighted by molar-refractivity contribution is 7.87. The number of aryl methyl sites for hydroxylation is 4. The highest BCUT2D eigenvalue weighted by atomic mass is 32.2. The molecule has 0 radical (unpaired) electrons. The van der Waals surface area contributed by atoms with E-state index in [2.05, 4.69) is 10.9 Å². The van der Waals surface area contributed by atoms with Crippen LogP contribution in [0.4, 0.5) is 0 Å². The Morgan fingerprint density at radius 1 is 0.855 bits per heavy atom. The summed E-state index contributed by atoms with van der Waals surface area (Å²) in [7, 11) is -2.02. The zero-order valence-electron chi connectivity index (χ0n) is 35.9. The second kappa shape index (κ2) is 21.0. The van der Waals surface area contributed by atoms with E-state index in [-0.39, 0.29) is 16.6 Å². The number of imide groups is 1. The molecule has 2 amide bonds. The van der Waals surface area contributed by atoms with Crippen LogP contribution in [0.5, 0.6) is 17.2 Å². The Balaban J connectivity index is 1.28. The third-order valence-corrected chi connectivity index (χ3v) is 12.7. The number of benzene rings is 3. The average Bonchev–Trinajstić information content (AvgIpc) is 3.53. The lowest BCUT2D eigenvalue weighted by atomic mass is 9.72. The SMILES string of the molecule is CC[C@H](C(=O)C1CCCC[C@H]1C(=O)O[C@H](CCc1ccc(C)c(C)c1)c1cccc(OCC(=O)CCC(=O)ON2C(=O)CC(S(=O)(=O)[O-])C2=O)c1)c1cc(C)c(OC)c(OC)c1. The van der Waals surface area contributed by atoms with Crippen LogP contribution in [-0.4, -0.2) is 79.4 Å². The minimum absolute atomic E-state index is 0.0119. The van der Waals surface area contributed by atoms with Crippen molar-refractivity contribution in [3.8, 4) is 17.2 Å². The largest absolute Gasteiger partial charge is 0.747 e. The van der Waals surface area contributed by atoms with Crippen LogP contribution in [0, 0.1) is 32.6 Å². The van der Waals surface area contributed by atoms with Gasteiger partial charge < -0.3 is 28.3 Å². The van der Waals surface area contributed by atoms with Crippen molar-refractivity contribution in [1.82, 2.24) is 5.06 Å². The predicted octanol–water partition coefficient (Wildman–Crippen LogP) is 6.27. The van der Waals surface area contributed by atoms with Crippen LogP contribution in [0.25, 0.3) is 0 Å². The number of hydrogen-bond acceptors (Lipinski definition) is 14. The molecular weight excluding hydrogens is 823 g/mol. The number of ether oxygens (including phenoxy) is 4. The molecule has 15 nitrogen and oxygen atoms in total. The second-order valence-electron chi connectivity index (χ2n) is 15.9. The number of amides is 2. The van der Waals surface area contributed by atoms with E-state index in [4.69, 9.17) is 18.9 Å². The lowest BCUT2D eigenvalue weighted by Gasteiger charge is -2.33. The normalized spacial score (nSPS) is 18.8. The van der Waals surface area contributed by atoms with Gasteiger partial charge in [0.15, 0.2) is 17.3 Å². The number of rotatable bonds is 20. The van der Waals surface area contributed by atoms with E-state index in [0.29, 0.717) is 49.2 Å². The van der Waals surface area contributed by atoms with Crippen molar-refractivity contribution < 1.29 is 65.5 Å². The Morgan fingerprint density at radius 2 is 1.58 bits per heavy atom. The lowest BCUT2D eigenvalue weighted by molar-refractivity contribution is -0.197. The Kier molecular flexibility index (Phi) is 16.0. The van der Waals surface area contributed by atoms with Crippen molar-refractivity contribution in [1.29, 1.82) is 0 Å². The van der Waals surface area contributed by atoms with Gasteiger partial charge in [-0.05, 0) is 104 Å². The summed E-state index contributed by atoms with van der Waals surface area (Å²) in [5.41, 5.74) is 5.59. The topological polar surface area (TPSA) is 209 Å². The maximum Gasteiger partial charge on any atom is 0.333 e. The van der Waals surface area contributed by atoms with Crippen molar-refractivity contribution in [3.05, 3.63) is 88.0 Å². The van der Waals surface area contributed by atoms with E-state index in [1.165, 1.54) is 0 Å². The summed E-state index contributed by atoms with van der Waals surface area (Å²) in [5, 5.41) is -2.25. The van der Waals surface area contributed by atoms with Crippen LogP contribution in [0.2, 0.25) is 0 Å². The van der Waals surface area contributed by atoms with Gasteiger partial charge in [-0.15, -0.1) is 5.06 Å². The molecule has 2 aliphatic rings. The van der Waals surface area contributed by atoms with Crippen LogP contribution in [0.15, 0.2) is 54.6 Å². The van der Waals surface area contributed by atoms with Gasteiger partial charge in [-0.2, -0.15) is 0 Å². The van der Waals surface area contributed by atoms with Crippen molar-refractivity contribution in [2.75, 3.05) is 20.8 Å². The van der Waals surface area contributed by atoms with Gasteiger partial charge in [0.25, 0.3) is 11.8 Å². The number of Topliss-reactive ketones (excluding diaryl/α,β-unsaturated/α-hetero) is 2. The third kappa shape index (κ3) is 11.6. The van der Waals surface area contributed by atoms with Crippen molar-refractivity contribution in [3.63, 3.8) is 0 Å². The number of esters is 1. The van der Waals surface area contributed by atoms with Gasteiger partial charge in [0.05, 0.1) is 33.0 Å². The maximum absolute atomic E-state index is 14.4. The summed E-state index contributed by atoms with van der Waals surface area (Å²) in [4.78, 5) is 82.6. The van der Waals surface area contributed by atoms with Gasteiger partial charge in [-0.25, -0.2) is 13.2 Å². The standard InChI is InChI=1S/C46H55NO14S/c1-7-35(32-22-29(4)44(58-6)39(24-32)57-5)43(51)36-13-8-9-14-37(36)46(53)60-38(19-17-30-16-15-27(2)28(3)21-30)31-11-10-12-34(23-31)59-26-33(48)18-20-42(50)61-47-41(49)25-40(45(47)52)62(54,55)56/h10-12,15-16,21-24,35-38,40H,7-9,13-14,17-20,25-26H2,1-6H3,(H,54,55,56)/p-1/t35-,36?,37+,38+,40?/m0/s1. The first-order chi connectivity index (χ1) is 29.4. The molecule has 0 aromatic heterocycles. The van der Waals surface area contributed by atoms with Crippen molar-refractivity contribution >= 4 is 45.4 Å². The lowest BCUT2D eigenvalue weighted by Crippen LogP contribution is -2.37. The van der Waals surface area contributed by atoms with Crippen molar-refractivity contribution in [2.45, 2.75) is 109 Å². The maximum atomic E-state index is 14.4. The molecule has 3 aromatic rings. The van der Waals surface area contributed by atoms with E-state index >= 15 is 0 Å². The van der Waals surface area contributed by atoms with Crippen molar-refractivity contribution in [2.24, 2.45) is 11.8 Å². The molecule has 1 heterocycles. The van der Waals surface area contributed by atoms with E-state index in [1.54, 1.807) is 38.5 Å². The zero-order valence-corrected chi connectivity index (χ0v) is 36.7. The summed E-state index contributed by atoms with van der Waals surface area (Å²) in [6, 6.07) is 16.7. The Bertz CT molecular complexity index is 2290. The van der Waals surface area contributed by atoms with Gasteiger partial charge in [0.1, 0.15) is 39.6 Å². The molecule has 3 aromatic carbocycles. The molecule has 0 N–H and O–H groups in total. The molecule has 5 rings (SSSR count). The van der Waals surface area contributed by atoms with Gasteiger partial charge in [-0.3, -0.25) is 24.0 Å². The molecule has 0 spiro atoms. The zero-order chi connectivity index (χ0) is 45.3. The molecule has 62 heavy (non-hydrogen) atoms. The number of methoxy groups -OCH3 is 2. The first kappa shape index (κ1) is 47.4. The first-order valence-electron chi connectivity index (χ1n) is 20.7. The molecule has 1 saturated carbocycles. The summed E-state index contributed by atoms with van der Waals surface area (Å²) >= 11 is 0. The highest BCUT2D eigenvalue weighted by Gasteiger charge is 2.45. The fraction of sp³-hybridized carbons (Fsp3) is 0.478. The number of carbonyl (C=O) groups excluding carboxylic acids is 6. The number of ketones is 2. The fourth-order valence-corrected chi connectivity index (χ4v) is 8.80. The van der Waals surface area contributed by atoms with Gasteiger partial charge >= 0.3 is 11.9 Å². The predicted molar refractivity (Wildman–Crippen MR) is 223 cm³/mol. The molecule has 16 heteroatoms. The van der Waals surface area contributed by atoms with E-state index in [0.717, 1.165) is 40.7 Å². The first-order valence-corrected chi connectivity index (χ1v) is 22.2. The van der Waals surface area contributed by atoms with E-state index < -0.39 is 94.6 Å². The Morgan fingerprint density at radius 3 is 2.23 bits per heavy atom. The van der Waals surface area contributed by atoms with Crippen LogP contribution in [0.3, 0.4) is 0 Å². The molecule has 2 fully saturated rings. The molecule has 1 saturated heterocycles. The summed E-state index contributed by atoms with van der Waals surface area (Å²) in [6.45, 7) is 7.45. The smallest absolute Gasteiger partial charge is 0.333 e. The van der Waals surface area contributed by atoms with Crippen LogP contribution < -0.4 is 14.2 Å². The average molecular weight is 877 g/mol. The molecule has 1 aliphatic carbocycles. The fourth-order valence-electron chi connectivity index (χ4n) is 8.11. The summed E-state index contributed by atoms with van der Waals surface area (Å²) < 4.78 is 57.0. The van der Waals surface area contributed by atoms with E-state index in [9.17, 15) is 41.7 Å². The number of hydroxylamine groups is 2. The number of hydrogen-bond donors (Lipinski definition) is 0. The quantitative estimate of drug-likeness (QED) is 0.0696. The summed E-state index contributed by atoms with van der Waals surface area (Å²) in [6.07, 6.45) is 1.52. The molecule has 0 bridgehead atoms. The third-order valence-electron chi connectivity index (χ3n) is 11.6. The monoisotopic (exact) mass is 876 g/mol. The Hall–Kier alpha value is -5.61. The van der Waals surface area contributed by atoms with Crippen LogP contribution in [-0.2, 0) is 54.9 Å². The molecule has 334 valence electrons. The van der Waals surface area contributed by atoms with Gasteiger partial charge in [0, 0.05) is 18.3 Å².